The number of unbranched alkanes of at least 4 members (excludes halogenated alkanes) is 2. The molecule has 0 aliphatic rings. The monoisotopic (exact) mass is 606 g/mol. The van der Waals surface area contributed by atoms with Gasteiger partial charge in [-0.3, -0.25) is 4.79 Å². The van der Waals surface area contributed by atoms with Crippen molar-refractivity contribution < 1.29 is 33.3 Å². The van der Waals surface area contributed by atoms with Gasteiger partial charge in [-0.15, -0.1) is 0 Å². The number of carbonyl (C=O) groups is 3. The van der Waals surface area contributed by atoms with E-state index in [2.05, 4.69) is 27.7 Å². The number of esters is 2. The van der Waals surface area contributed by atoms with Gasteiger partial charge in [0.2, 0.25) is 5.78 Å². The van der Waals surface area contributed by atoms with Crippen LogP contribution in [0.2, 0.25) is 0 Å². The van der Waals surface area contributed by atoms with Crippen molar-refractivity contribution in [2.45, 2.75) is 79.1 Å². The molecule has 0 fully saturated rings. The fourth-order valence-electron chi connectivity index (χ4n) is 4.34. The van der Waals surface area contributed by atoms with Gasteiger partial charge in [0.15, 0.2) is 13.2 Å². The van der Waals surface area contributed by atoms with Crippen molar-refractivity contribution in [3.63, 3.8) is 0 Å². The van der Waals surface area contributed by atoms with Crippen LogP contribution >= 0.6 is 0 Å². The Morgan fingerprint density at radius 3 is 1.34 bits per heavy atom. The number of hydrogen-bond acceptors (Lipinski definition) is 7. The summed E-state index contributed by atoms with van der Waals surface area (Å²) in [7, 11) is 0. The molecule has 7 heteroatoms. The Hall–Kier alpha value is -3.87. The number of ketones is 1. The molecular formula is C37H50O7. The van der Waals surface area contributed by atoms with Gasteiger partial charge in [-0.25, -0.2) is 9.59 Å². The van der Waals surface area contributed by atoms with Gasteiger partial charge in [-0.2, -0.15) is 0 Å². The number of rotatable bonds is 22. The Kier molecular flexibility index (Phi) is 18.0. The highest BCUT2D eigenvalue weighted by Gasteiger charge is 2.10. The average Bonchev–Trinajstić information content (AvgIpc) is 3.05. The van der Waals surface area contributed by atoms with E-state index >= 15 is 0 Å². The lowest BCUT2D eigenvalue weighted by molar-refractivity contribution is -0.148. The average molecular weight is 607 g/mol. The molecule has 2 aromatic carbocycles. The molecule has 240 valence electrons. The van der Waals surface area contributed by atoms with E-state index in [-0.39, 0.29) is 0 Å². The van der Waals surface area contributed by atoms with Crippen LogP contribution in [0.1, 0.15) is 90.2 Å². The van der Waals surface area contributed by atoms with E-state index in [4.69, 9.17) is 18.9 Å². The number of benzene rings is 2. The number of carbonyl (C=O) groups excluding carboxylic acids is 3. The fourth-order valence-corrected chi connectivity index (χ4v) is 4.34. The molecule has 2 aromatic rings. The van der Waals surface area contributed by atoms with Gasteiger partial charge in [0, 0.05) is 12.2 Å². The molecule has 0 amide bonds. The van der Waals surface area contributed by atoms with Crippen LogP contribution in [0, 0.1) is 11.8 Å². The molecule has 0 saturated heterocycles. The summed E-state index contributed by atoms with van der Waals surface area (Å²) in [5.41, 5.74) is 1.60. The third-order valence-electron chi connectivity index (χ3n) is 7.39. The summed E-state index contributed by atoms with van der Waals surface area (Å²) in [4.78, 5) is 36.1. The maximum atomic E-state index is 12.0. The molecule has 2 rings (SSSR count). The minimum absolute atomic E-state index is 0.484. The van der Waals surface area contributed by atoms with Crippen molar-refractivity contribution in [1.29, 1.82) is 0 Å². The number of ether oxygens (including phenoxy) is 4. The molecular weight excluding hydrogens is 556 g/mol. The molecule has 7 nitrogen and oxygen atoms in total. The van der Waals surface area contributed by atoms with Crippen molar-refractivity contribution in [3.8, 4) is 11.5 Å². The van der Waals surface area contributed by atoms with Gasteiger partial charge in [-0.05, 0) is 72.2 Å². The molecule has 0 aromatic heterocycles. The van der Waals surface area contributed by atoms with Gasteiger partial charge >= 0.3 is 11.9 Å². The zero-order valence-electron chi connectivity index (χ0n) is 26.9. The van der Waals surface area contributed by atoms with E-state index < -0.39 is 30.9 Å². The van der Waals surface area contributed by atoms with Gasteiger partial charge < -0.3 is 18.9 Å². The standard InChI is InChI=1S/C37H50O7/c1-5-9-11-29(7-3)25-41-34-19-13-31(14-20-34)17-23-36(39)43-27-33(38)28-44-37(40)24-18-32-15-21-35(22-16-32)42-26-30(8-4)12-10-6-2/h13-24,29-30H,5-12,25-28H2,1-4H3/b23-17+,24-18+. The zero-order chi connectivity index (χ0) is 32.0. The Bertz CT molecular complexity index is 1070. The largest absolute Gasteiger partial charge is 0.493 e. The maximum absolute atomic E-state index is 12.0. The molecule has 2 atom stereocenters. The molecule has 0 aliphatic heterocycles. The second-order valence-electron chi connectivity index (χ2n) is 11.0. The normalized spacial score (nSPS) is 12.6. The van der Waals surface area contributed by atoms with Crippen LogP contribution in [0.4, 0.5) is 0 Å². The minimum atomic E-state index is -0.662. The second-order valence-corrected chi connectivity index (χ2v) is 11.0. The van der Waals surface area contributed by atoms with Crippen LogP contribution in [0.3, 0.4) is 0 Å². The Morgan fingerprint density at radius 2 is 1.00 bits per heavy atom. The molecule has 0 saturated carbocycles. The zero-order valence-corrected chi connectivity index (χ0v) is 26.9. The first kappa shape index (κ1) is 36.3. The summed E-state index contributed by atoms with van der Waals surface area (Å²) in [5, 5.41) is 0. The highest BCUT2D eigenvalue weighted by Crippen LogP contribution is 2.19. The maximum Gasteiger partial charge on any atom is 0.331 e. The summed E-state index contributed by atoms with van der Waals surface area (Å²) in [6.07, 6.45) is 15.0. The lowest BCUT2D eigenvalue weighted by Crippen LogP contribution is -2.19. The second kappa shape index (κ2) is 21.8. The summed E-state index contributed by atoms with van der Waals surface area (Å²) in [6, 6.07) is 14.9. The summed E-state index contributed by atoms with van der Waals surface area (Å²) >= 11 is 0. The lowest BCUT2D eigenvalue weighted by Gasteiger charge is -2.15. The van der Waals surface area contributed by atoms with Crippen LogP contribution in [0.25, 0.3) is 12.2 Å². The van der Waals surface area contributed by atoms with Gasteiger partial charge in [0.1, 0.15) is 11.5 Å². The van der Waals surface area contributed by atoms with E-state index in [1.54, 1.807) is 12.2 Å². The van der Waals surface area contributed by atoms with Crippen LogP contribution in [-0.4, -0.2) is 44.1 Å². The van der Waals surface area contributed by atoms with E-state index in [1.165, 1.54) is 50.7 Å². The van der Waals surface area contributed by atoms with E-state index in [9.17, 15) is 14.4 Å². The predicted molar refractivity (Wildman–Crippen MR) is 175 cm³/mol. The SMILES string of the molecule is CCCCC(CC)COc1ccc(/C=C/C(=O)OCC(=O)COC(=O)/C=C/c2ccc(OCC(CC)CCCC)cc2)cc1. The molecule has 0 aliphatic carbocycles. The summed E-state index contributed by atoms with van der Waals surface area (Å²) in [6.45, 7) is 9.18. The highest BCUT2D eigenvalue weighted by molar-refractivity contribution is 5.92. The Balaban J connectivity index is 1.66. The molecule has 2 unspecified atom stereocenters. The van der Waals surface area contributed by atoms with Gasteiger partial charge in [-0.1, -0.05) is 90.5 Å². The first-order valence-corrected chi connectivity index (χ1v) is 16.0. The third kappa shape index (κ3) is 15.6. The summed E-state index contributed by atoms with van der Waals surface area (Å²) < 4.78 is 21.8. The van der Waals surface area contributed by atoms with E-state index in [1.807, 2.05) is 48.5 Å². The van der Waals surface area contributed by atoms with Crippen molar-refractivity contribution in [1.82, 2.24) is 0 Å². The summed E-state index contributed by atoms with van der Waals surface area (Å²) in [5.74, 6) is 0.830. The molecule has 0 bridgehead atoms. The van der Waals surface area contributed by atoms with Crippen LogP contribution in [0.15, 0.2) is 60.7 Å². The fraction of sp³-hybridized carbons (Fsp3) is 0.486. The minimum Gasteiger partial charge on any atom is -0.493 e. The number of hydrogen-bond donors (Lipinski definition) is 0. The number of Topliss-reactive ketones (excluding diaryl/α,β-unsaturated/α-hetero) is 1. The quantitative estimate of drug-likeness (QED) is 0.0985. The van der Waals surface area contributed by atoms with Gasteiger partial charge in [0.05, 0.1) is 13.2 Å². The Labute approximate surface area is 263 Å². The molecule has 0 N–H and O–H groups in total. The molecule has 0 spiro atoms. The molecule has 44 heavy (non-hydrogen) atoms. The van der Waals surface area contributed by atoms with Crippen molar-refractivity contribution in [2.75, 3.05) is 26.4 Å². The molecule has 0 radical (unpaired) electrons. The smallest absolute Gasteiger partial charge is 0.331 e. The Morgan fingerprint density at radius 1 is 0.614 bits per heavy atom. The third-order valence-corrected chi connectivity index (χ3v) is 7.39. The van der Waals surface area contributed by atoms with Crippen LogP contribution in [-0.2, 0) is 23.9 Å². The van der Waals surface area contributed by atoms with E-state index in [0.717, 1.165) is 35.5 Å². The van der Waals surface area contributed by atoms with Crippen molar-refractivity contribution in [2.24, 2.45) is 11.8 Å². The van der Waals surface area contributed by atoms with Crippen molar-refractivity contribution >= 4 is 29.9 Å². The van der Waals surface area contributed by atoms with Gasteiger partial charge in [0.25, 0.3) is 0 Å². The van der Waals surface area contributed by atoms with Crippen molar-refractivity contribution in [3.05, 3.63) is 71.8 Å². The van der Waals surface area contributed by atoms with Crippen LogP contribution in [0.5, 0.6) is 11.5 Å². The predicted octanol–water partition coefficient (Wildman–Crippen LogP) is 8.26. The van der Waals surface area contributed by atoms with E-state index in [0.29, 0.717) is 25.0 Å². The lowest BCUT2D eigenvalue weighted by atomic mass is 10.0. The van der Waals surface area contributed by atoms with Crippen LogP contribution < -0.4 is 9.47 Å². The topological polar surface area (TPSA) is 88.1 Å². The first-order chi connectivity index (χ1) is 21.4. The molecule has 0 heterocycles. The highest BCUT2D eigenvalue weighted by atomic mass is 16.6. The first-order valence-electron chi connectivity index (χ1n) is 16.0.